The first kappa shape index (κ1) is 10.4. The molecule has 0 saturated heterocycles. The zero-order valence-electron chi connectivity index (χ0n) is 8.82. The van der Waals surface area contributed by atoms with Crippen LogP contribution in [0.4, 0.5) is 0 Å². The number of carbonyl (C=O) groups excluding carboxylic acids is 2. The van der Waals surface area contributed by atoms with Crippen LogP contribution in [0, 0.1) is 0 Å². The number of cyclic esters (lactones) is 1. The van der Waals surface area contributed by atoms with E-state index in [1.165, 1.54) is 0 Å². The molecule has 0 fully saturated rings. The summed E-state index contributed by atoms with van der Waals surface area (Å²) in [6, 6.07) is 8.73. The van der Waals surface area contributed by atoms with E-state index in [2.05, 4.69) is 5.32 Å². The van der Waals surface area contributed by atoms with Crippen LogP contribution in [0.1, 0.15) is 17.3 Å². The number of hydrogen-bond donors (Lipinski definition) is 1. The van der Waals surface area contributed by atoms with Crippen molar-refractivity contribution in [1.29, 1.82) is 0 Å². The second-order valence-corrected chi connectivity index (χ2v) is 3.55. The number of rotatable bonds is 2. The van der Waals surface area contributed by atoms with Gasteiger partial charge in [-0.25, -0.2) is 4.79 Å². The van der Waals surface area contributed by atoms with E-state index in [9.17, 15) is 9.59 Å². The minimum absolute atomic E-state index is 0.253. The van der Waals surface area contributed by atoms with Crippen molar-refractivity contribution in [3.8, 4) is 0 Å². The molecule has 1 aliphatic heterocycles. The first-order chi connectivity index (χ1) is 7.68. The average molecular weight is 217 g/mol. The summed E-state index contributed by atoms with van der Waals surface area (Å²) < 4.78 is 4.79. The van der Waals surface area contributed by atoms with Crippen molar-refractivity contribution in [1.82, 2.24) is 5.32 Å². The van der Waals surface area contributed by atoms with Crippen molar-refractivity contribution in [2.24, 2.45) is 0 Å². The molecular weight excluding hydrogens is 206 g/mol. The minimum atomic E-state index is -0.471. The van der Waals surface area contributed by atoms with Crippen molar-refractivity contribution in [2.45, 2.75) is 6.92 Å². The van der Waals surface area contributed by atoms with E-state index in [-0.39, 0.29) is 18.2 Å². The standard InChI is InChI=1S/C12H11NO3/c1-8-7-16-12(15)10(8)13-11(14)9-5-3-2-4-6-9/h2-6H,7H2,1H3,(H,13,14). The number of ether oxygens (including phenoxy) is 1. The molecule has 1 aromatic rings. The molecule has 2 rings (SSSR count). The lowest BCUT2D eigenvalue weighted by atomic mass is 10.2. The monoisotopic (exact) mass is 217 g/mol. The summed E-state index contributed by atoms with van der Waals surface area (Å²) in [5.74, 6) is -0.768. The Morgan fingerprint density at radius 1 is 1.31 bits per heavy atom. The number of benzene rings is 1. The molecule has 1 amide bonds. The molecule has 1 N–H and O–H groups in total. The fourth-order valence-electron chi connectivity index (χ4n) is 1.43. The maximum Gasteiger partial charge on any atom is 0.355 e. The molecule has 16 heavy (non-hydrogen) atoms. The van der Waals surface area contributed by atoms with Crippen LogP contribution in [-0.2, 0) is 9.53 Å². The van der Waals surface area contributed by atoms with E-state index in [1.54, 1.807) is 31.2 Å². The van der Waals surface area contributed by atoms with E-state index in [4.69, 9.17) is 4.74 Å². The third-order valence-corrected chi connectivity index (χ3v) is 2.33. The Bertz CT molecular complexity index is 462. The topological polar surface area (TPSA) is 55.4 Å². The number of esters is 1. The average Bonchev–Trinajstić information content (AvgIpc) is 2.62. The van der Waals surface area contributed by atoms with Crippen molar-refractivity contribution in [3.63, 3.8) is 0 Å². The van der Waals surface area contributed by atoms with Crippen LogP contribution in [0.5, 0.6) is 0 Å². The van der Waals surface area contributed by atoms with E-state index >= 15 is 0 Å². The van der Waals surface area contributed by atoms with Crippen molar-refractivity contribution in [3.05, 3.63) is 47.2 Å². The highest BCUT2D eigenvalue weighted by atomic mass is 16.5. The normalized spacial score (nSPS) is 14.9. The molecular formula is C12H11NO3. The summed E-state index contributed by atoms with van der Waals surface area (Å²) >= 11 is 0. The van der Waals surface area contributed by atoms with Gasteiger partial charge in [0.05, 0.1) is 0 Å². The largest absolute Gasteiger partial charge is 0.456 e. The Hall–Kier alpha value is -2.10. The molecule has 4 nitrogen and oxygen atoms in total. The number of amides is 1. The van der Waals surface area contributed by atoms with Gasteiger partial charge in [-0.05, 0) is 24.6 Å². The fourth-order valence-corrected chi connectivity index (χ4v) is 1.43. The molecule has 0 spiro atoms. The van der Waals surface area contributed by atoms with Crippen LogP contribution in [0.15, 0.2) is 41.6 Å². The van der Waals surface area contributed by atoms with Crippen molar-refractivity contribution < 1.29 is 14.3 Å². The molecule has 0 aliphatic carbocycles. The van der Waals surface area contributed by atoms with Gasteiger partial charge in [-0.15, -0.1) is 0 Å². The number of carbonyl (C=O) groups is 2. The summed E-state index contributed by atoms with van der Waals surface area (Å²) in [6.45, 7) is 2.01. The fraction of sp³-hybridized carbons (Fsp3) is 0.167. The molecule has 0 atom stereocenters. The van der Waals surface area contributed by atoms with E-state index in [1.807, 2.05) is 6.07 Å². The summed E-state index contributed by atoms with van der Waals surface area (Å²) in [5.41, 5.74) is 1.52. The Balaban J connectivity index is 2.15. The van der Waals surface area contributed by atoms with E-state index < -0.39 is 5.97 Å². The Labute approximate surface area is 92.9 Å². The highest BCUT2D eigenvalue weighted by Gasteiger charge is 2.23. The third kappa shape index (κ3) is 1.95. The van der Waals surface area contributed by atoms with Gasteiger partial charge >= 0.3 is 5.97 Å². The molecule has 0 aromatic heterocycles. The maximum absolute atomic E-state index is 11.7. The lowest BCUT2D eigenvalue weighted by molar-refractivity contribution is -0.136. The predicted molar refractivity (Wildman–Crippen MR) is 57.6 cm³/mol. The zero-order chi connectivity index (χ0) is 11.5. The molecule has 0 bridgehead atoms. The molecule has 1 aliphatic rings. The lowest BCUT2D eigenvalue weighted by Crippen LogP contribution is -2.26. The van der Waals surface area contributed by atoms with Crippen LogP contribution >= 0.6 is 0 Å². The van der Waals surface area contributed by atoms with E-state index in [0.717, 1.165) is 5.57 Å². The van der Waals surface area contributed by atoms with Crippen LogP contribution in [0.25, 0.3) is 0 Å². The Morgan fingerprint density at radius 3 is 2.56 bits per heavy atom. The molecule has 1 heterocycles. The zero-order valence-corrected chi connectivity index (χ0v) is 8.82. The van der Waals surface area contributed by atoms with Gasteiger partial charge in [0.1, 0.15) is 12.3 Å². The molecule has 82 valence electrons. The number of nitrogens with one attached hydrogen (secondary N) is 1. The van der Waals surface area contributed by atoms with Gasteiger partial charge in [0.15, 0.2) is 0 Å². The summed E-state index contributed by atoms with van der Waals surface area (Å²) in [7, 11) is 0. The van der Waals surface area contributed by atoms with Gasteiger partial charge in [0.25, 0.3) is 5.91 Å². The van der Waals surface area contributed by atoms with Gasteiger partial charge in [-0.2, -0.15) is 0 Å². The Kier molecular flexibility index (Phi) is 2.72. The third-order valence-electron chi connectivity index (χ3n) is 2.33. The molecule has 0 radical (unpaired) electrons. The van der Waals surface area contributed by atoms with Crippen LogP contribution < -0.4 is 5.32 Å². The second kappa shape index (κ2) is 4.18. The highest BCUT2D eigenvalue weighted by Crippen LogP contribution is 2.13. The summed E-state index contributed by atoms with van der Waals surface area (Å²) in [5, 5.41) is 2.56. The van der Waals surface area contributed by atoms with Crippen molar-refractivity contribution in [2.75, 3.05) is 6.61 Å². The van der Waals surface area contributed by atoms with Crippen LogP contribution in [0.3, 0.4) is 0 Å². The first-order valence-corrected chi connectivity index (χ1v) is 4.92. The maximum atomic E-state index is 11.7. The van der Waals surface area contributed by atoms with Crippen LogP contribution in [0.2, 0.25) is 0 Å². The van der Waals surface area contributed by atoms with Crippen LogP contribution in [-0.4, -0.2) is 18.5 Å². The molecule has 0 unspecified atom stereocenters. The smallest absolute Gasteiger partial charge is 0.355 e. The van der Waals surface area contributed by atoms with Gasteiger partial charge in [-0.1, -0.05) is 18.2 Å². The number of hydrogen-bond acceptors (Lipinski definition) is 3. The predicted octanol–water partition coefficient (Wildman–Crippen LogP) is 1.25. The van der Waals surface area contributed by atoms with Gasteiger partial charge in [0.2, 0.25) is 0 Å². The minimum Gasteiger partial charge on any atom is -0.456 e. The summed E-state index contributed by atoms with van der Waals surface area (Å²) in [6.07, 6.45) is 0. The van der Waals surface area contributed by atoms with Gasteiger partial charge in [0, 0.05) is 5.56 Å². The SMILES string of the molecule is CC1=C(NC(=O)c2ccccc2)C(=O)OC1. The van der Waals surface area contributed by atoms with E-state index in [0.29, 0.717) is 5.56 Å². The lowest BCUT2D eigenvalue weighted by Gasteiger charge is -2.04. The second-order valence-electron chi connectivity index (χ2n) is 3.55. The molecule has 1 aromatic carbocycles. The van der Waals surface area contributed by atoms with Gasteiger partial charge in [-0.3, -0.25) is 4.79 Å². The summed E-state index contributed by atoms with van der Waals surface area (Å²) in [4.78, 5) is 23.0. The highest BCUT2D eigenvalue weighted by molar-refractivity contribution is 6.02. The Morgan fingerprint density at radius 2 is 2.00 bits per heavy atom. The molecule has 0 saturated carbocycles. The molecule has 4 heteroatoms. The first-order valence-electron chi connectivity index (χ1n) is 4.92. The van der Waals surface area contributed by atoms with Gasteiger partial charge < -0.3 is 10.1 Å². The quantitative estimate of drug-likeness (QED) is 0.758. The van der Waals surface area contributed by atoms with Crippen molar-refractivity contribution >= 4 is 11.9 Å².